The molecule has 1 aromatic heterocycles. The molecule has 0 saturated carbocycles. The predicted octanol–water partition coefficient (Wildman–Crippen LogP) is 1.53. The van der Waals surface area contributed by atoms with Crippen LogP contribution in [0.15, 0.2) is 35.1 Å². The Hall–Kier alpha value is -1.95. The Balaban J connectivity index is 1.59. The van der Waals surface area contributed by atoms with Crippen LogP contribution in [-0.2, 0) is 6.54 Å². The van der Waals surface area contributed by atoms with Crippen LogP contribution >= 0.6 is 0 Å². The van der Waals surface area contributed by atoms with Crippen LogP contribution in [0.5, 0.6) is 0 Å². The molecule has 100 valence electrons. The Morgan fingerprint density at radius 3 is 2.63 bits per heavy atom. The van der Waals surface area contributed by atoms with E-state index >= 15 is 0 Å². The summed E-state index contributed by atoms with van der Waals surface area (Å²) in [4.78, 5) is 4.30. The number of aromatic nitrogens is 2. The second kappa shape index (κ2) is 5.36. The van der Waals surface area contributed by atoms with Crippen LogP contribution in [0, 0.1) is 5.82 Å². The number of rotatable bonds is 3. The molecule has 0 bridgehead atoms. The van der Waals surface area contributed by atoms with E-state index in [2.05, 4.69) is 20.0 Å². The van der Waals surface area contributed by atoms with E-state index in [-0.39, 0.29) is 5.82 Å². The second-order valence-corrected chi connectivity index (χ2v) is 4.55. The van der Waals surface area contributed by atoms with E-state index in [0.717, 1.165) is 26.2 Å². The molecule has 3 rings (SSSR count). The Bertz CT molecular complexity index is 523. The van der Waals surface area contributed by atoms with E-state index < -0.39 is 0 Å². The quantitative estimate of drug-likeness (QED) is 0.839. The minimum atomic E-state index is -0.159. The molecule has 1 saturated heterocycles. The first kappa shape index (κ1) is 12.1. The summed E-state index contributed by atoms with van der Waals surface area (Å²) >= 11 is 0. The van der Waals surface area contributed by atoms with Crippen LogP contribution in [0.4, 0.5) is 10.1 Å². The monoisotopic (exact) mass is 262 g/mol. The summed E-state index contributed by atoms with van der Waals surface area (Å²) in [7, 11) is 0. The SMILES string of the molecule is Fc1ccccc1N1CCN(Cc2nnco2)CC1. The molecule has 0 radical (unpaired) electrons. The molecule has 19 heavy (non-hydrogen) atoms. The summed E-state index contributed by atoms with van der Waals surface area (Å²) in [6.45, 7) is 3.97. The highest BCUT2D eigenvalue weighted by Gasteiger charge is 2.20. The van der Waals surface area contributed by atoms with Crippen LogP contribution in [0.25, 0.3) is 0 Å². The molecule has 0 atom stereocenters. The maximum Gasteiger partial charge on any atom is 0.230 e. The Labute approximate surface area is 110 Å². The fraction of sp³-hybridized carbons (Fsp3) is 0.385. The van der Waals surface area contributed by atoms with Gasteiger partial charge in [-0.3, -0.25) is 4.90 Å². The third-order valence-corrected chi connectivity index (χ3v) is 3.33. The van der Waals surface area contributed by atoms with Gasteiger partial charge in [-0.1, -0.05) is 12.1 Å². The van der Waals surface area contributed by atoms with Crippen molar-refractivity contribution in [2.24, 2.45) is 0 Å². The lowest BCUT2D eigenvalue weighted by molar-refractivity contribution is 0.225. The van der Waals surface area contributed by atoms with E-state index in [1.807, 2.05) is 12.1 Å². The summed E-state index contributed by atoms with van der Waals surface area (Å²) in [5.74, 6) is 0.465. The van der Waals surface area contributed by atoms with Gasteiger partial charge in [0.2, 0.25) is 12.3 Å². The number of para-hydroxylation sites is 1. The van der Waals surface area contributed by atoms with Crippen LogP contribution < -0.4 is 4.90 Å². The molecule has 1 fully saturated rings. The summed E-state index contributed by atoms with van der Waals surface area (Å²) in [6.07, 6.45) is 1.34. The number of hydrogen-bond donors (Lipinski definition) is 0. The fourth-order valence-corrected chi connectivity index (χ4v) is 2.31. The van der Waals surface area contributed by atoms with Gasteiger partial charge in [-0.05, 0) is 12.1 Å². The van der Waals surface area contributed by atoms with Gasteiger partial charge in [-0.2, -0.15) is 0 Å². The normalized spacial score (nSPS) is 16.8. The fourth-order valence-electron chi connectivity index (χ4n) is 2.31. The zero-order chi connectivity index (χ0) is 13.1. The molecule has 0 N–H and O–H groups in total. The Morgan fingerprint density at radius 1 is 1.16 bits per heavy atom. The maximum absolute atomic E-state index is 13.7. The van der Waals surface area contributed by atoms with Gasteiger partial charge in [-0.15, -0.1) is 10.2 Å². The minimum absolute atomic E-state index is 0.159. The van der Waals surface area contributed by atoms with Crippen molar-refractivity contribution in [3.05, 3.63) is 42.4 Å². The van der Waals surface area contributed by atoms with Crippen molar-refractivity contribution in [3.63, 3.8) is 0 Å². The second-order valence-electron chi connectivity index (χ2n) is 4.55. The largest absolute Gasteiger partial charge is 0.427 e. The summed E-state index contributed by atoms with van der Waals surface area (Å²) < 4.78 is 18.8. The van der Waals surface area contributed by atoms with Crippen molar-refractivity contribution in [2.45, 2.75) is 6.54 Å². The zero-order valence-electron chi connectivity index (χ0n) is 10.5. The Morgan fingerprint density at radius 2 is 1.95 bits per heavy atom. The summed E-state index contributed by atoms with van der Waals surface area (Å²) in [5.41, 5.74) is 0.681. The van der Waals surface area contributed by atoms with Crippen LogP contribution in [0.1, 0.15) is 5.89 Å². The van der Waals surface area contributed by atoms with E-state index in [0.29, 0.717) is 18.1 Å². The van der Waals surface area contributed by atoms with Gasteiger partial charge in [0.25, 0.3) is 0 Å². The van der Waals surface area contributed by atoms with Gasteiger partial charge < -0.3 is 9.32 Å². The lowest BCUT2D eigenvalue weighted by atomic mass is 10.2. The summed E-state index contributed by atoms with van der Waals surface area (Å²) in [5, 5.41) is 7.53. The molecule has 2 aromatic rings. The predicted molar refractivity (Wildman–Crippen MR) is 68.2 cm³/mol. The summed E-state index contributed by atoms with van der Waals surface area (Å²) in [6, 6.07) is 6.90. The number of anilines is 1. The van der Waals surface area contributed by atoms with Gasteiger partial charge in [0.1, 0.15) is 5.82 Å². The highest BCUT2D eigenvalue weighted by atomic mass is 19.1. The first-order valence-corrected chi connectivity index (χ1v) is 6.30. The van der Waals surface area contributed by atoms with Crippen LogP contribution in [-0.4, -0.2) is 41.3 Å². The highest BCUT2D eigenvalue weighted by Crippen LogP contribution is 2.20. The van der Waals surface area contributed by atoms with Crippen molar-refractivity contribution in [1.29, 1.82) is 0 Å². The highest BCUT2D eigenvalue weighted by molar-refractivity contribution is 5.47. The lowest BCUT2D eigenvalue weighted by Gasteiger charge is -2.35. The smallest absolute Gasteiger partial charge is 0.230 e. The molecule has 2 heterocycles. The molecule has 1 aliphatic rings. The number of nitrogens with zero attached hydrogens (tertiary/aromatic N) is 4. The average molecular weight is 262 g/mol. The van der Waals surface area contributed by atoms with Gasteiger partial charge in [-0.25, -0.2) is 4.39 Å². The number of halogens is 1. The Kier molecular flexibility index (Phi) is 3.41. The van der Waals surface area contributed by atoms with Crippen molar-refractivity contribution >= 4 is 5.69 Å². The van der Waals surface area contributed by atoms with Crippen LogP contribution in [0.3, 0.4) is 0 Å². The van der Waals surface area contributed by atoms with E-state index in [1.165, 1.54) is 12.5 Å². The number of hydrogen-bond acceptors (Lipinski definition) is 5. The third-order valence-electron chi connectivity index (χ3n) is 3.33. The molecule has 0 aliphatic carbocycles. The van der Waals surface area contributed by atoms with Gasteiger partial charge in [0.05, 0.1) is 12.2 Å². The van der Waals surface area contributed by atoms with E-state index in [1.54, 1.807) is 6.07 Å². The number of benzene rings is 1. The molecule has 6 heteroatoms. The van der Waals surface area contributed by atoms with Gasteiger partial charge in [0.15, 0.2) is 0 Å². The van der Waals surface area contributed by atoms with Crippen molar-refractivity contribution in [2.75, 3.05) is 31.1 Å². The van der Waals surface area contributed by atoms with Gasteiger partial charge >= 0.3 is 0 Å². The van der Waals surface area contributed by atoms with Crippen molar-refractivity contribution in [3.8, 4) is 0 Å². The molecule has 5 nitrogen and oxygen atoms in total. The molecule has 0 unspecified atom stereocenters. The van der Waals surface area contributed by atoms with Crippen LogP contribution in [0.2, 0.25) is 0 Å². The van der Waals surface area contributed by atoms with E-state index in [9.17, 15) is 4.39 Å². The maximum atomic E-state index is 13.7. The van der Waals surface area contributed by atoms with Crippen molar-refractivity contribution in [1.82, 2.24) is 15.1 Å². The molecule has 0 spiro atoms. The first-order valence-electron chi connectivity index (χ1n) is 6.30. The first-order chi connectivity index (χ1) is 9.33. The van der Waals surface area contributed by atoms with Crippen molar-refractivity contribution < 1.29 is 8.81 Å². The molecule has 1 aromatic carbocycles. The molecule has 1 aliphatic heterocycles. The number of piperazine rings is 1. The van der Waals surface area contributed by atoms with Gasteiger partial charge in [0, 0.05) is 26.2 Å². The molecular formula is C13H15FN4O. The van der Waals surface area contributed by atoms with E-state index in [4.69, 9.17) is 4.42 Å². The standard InChI is InChI=1S/C13H15FN4O/c14-11-3-1-2-4-12(11)18-7-5-17(6-8-18)9-13-16-15-10-19-13/h1-4,10H,5-9H2. The third kappa shape index (κ3) is 2.73. The topological polar surface area (TPSA) is 45.4 Å². The molecule has 0 amide bonds. The minimum Gasteiger partial charge on any atom is -0.427 e. The zero-order valence-corrected chi connectivity index (χ0v) is 10.5. The average Bonchev–Trinajstić information content (AvgIpc) is 2.93. The molecular weight excluding hydrogens is 247 g/mol. The lowest BCUT2D eigenvalue weighted by Crippen LogP contribution is -2.46.